The number of amides is 4. The number of likely N-dealkylation sites (tertiary alicyclic amines) is 1. The number of carbonyl (C=O) groups is 4. The topological polar surface area (TPSA) is 120 Å². The predicted octanol–water partition coefficient (Wildman–Crippen LogP) is 5.19. The average molecular weight is 584 g/mol. The Balaban J connectivity index is 1.44. The van der Waals surface area contributed by atoms with Crippen molar-refractivity contribution in [2.24, 2.45) is 5.41 Å². The van der Waals surface area contributed by atoms with Crippen molar-refractivity contribution in [1.29, 1.82) is 0 Å². The standard InChI is InChI=1S/C34H41N5O4/c1-34(2,3)33(43)36-20-11-18-29(40)37-27-16-9-14-25(22-27)31(41)38-30(24-12-5-4-6-13-24)32(42)39-21-8-7-17-28(39)26-15-10-19-35-23-26/h4-6,9-10,12-16,19,22-23,28,30H,7-8,11,17-18,20-21H2,1-3H3,(H,36,43)(H,37,40)(H,38,41)/t28-,30+/m1/s1. The third-order valence-electron chi connectivity index (χ3n) is 7.47. The van der Waals surface area contributed by atoms with Crippen LogP contribution >= 0.6 is 0 Å². The van der Waals surface area contributed by atoms with Gasteiger partial charge < -0.3 is 20.9 Å². The normalized spacial score (nSPS) is 15.7. The maximum atomic E-state index is 14.1. The molecule has 1 aliphatic heterocycles. The highest BCUT2D eigenvalue weighted by Crippen LogP contribution is 2.33. The van der Waals surface area contributed by atoms with Crippen molar-refractivity contribution in [3.05, 3.63) is 95.8 Å². The van der Waals surface area contributed by atoms with E-state index in [9.17, 15) is 19.2 Å². The number of piperidine rings is 1. The molecule has 0 spiro atoms. The first-order chi connectivity index (χ1) is 20.6. The van der Waals surface area contributed by atoms with Crippen LogP contribution in [0.2, 0.25) is 0 Å². The molecule has 2 heterocycles. The van der Waals surface area contributed by atoms with Crippen LogP contribution in [0.1, 0.15) is 86.4 Å². The van der Waals surface area contributed by atoms with Gasteiger partial charge >= 0.3 is 0 Å². The number of hydrogen-bond donors (Lipinski definition) is 3. The lowest BCUT2D eigenvalue weighted by molar-refractivity contribution is -0.137. The molecule has 1 aromatic heterocycles. The molecule has 1 aliphatic rings. The Hall–Kier alpha value is -4.53. The van der Waals surface area contributed by atoms with Gasteiger partial charge in [0.1, 0.15) is 6.04 Å². The molecule has 1 saturated heterocycles. The Morgan fingerprint density at radius 3 is 2.49 bits per heavy atom. The lowest BCUT2D eigenvalue weighted by atomic mass is 9.94. The Bertz CT molecular complexity index is 1410. The number of benzene rings is 2. The smallest absolute Gasteiger partial charge is 0.252 e. The van der Waals surface area contributed by atoms with E-state index in [1.165, 1.54) is 0 Å². The SMILES string of the molecule is CC(C)(C)C(=O)NCCCC(=O)Nc1cccc(C(=O)N[C@H](C(=O)N2CCCC[C@@H]2c2cccnc2)c2ccccc2)c1. The molecular formula is C34H41N5O4. The van der Waals surface area contributed by atoms with E-state index in [0.29, 0.717) is 36.3 Å². The number of nitrogens with zero attached hydrogens (tertiary/aromatic N) is 2. The maximum absolute atomic E-state index is 14.1. The summed E-state index contributed by atoms with van der Waals surface area (Å²) in [5.41, 5.74) is 1.99. The Kier molecular flexibility index (Phi) is 10.6. The number of nitrogens with one attached hydrogen (secondary N) is 3. The van der Waals surface area contributed by atoms with Gasteiger partial charge in [0.05, 0.1) is 6.04 Å². The van der Waals surface area contributed by atoms with Crippen molar-refractivity contribution in [2.45, 2.75) is 65.0 Å². The van der Waals surface area contributed by atoms with E-state index in [0.717, 1.165) is 24.8 Å². The van der Waals surface area contributed by atoms with Gasteiger partial charge in [0, 0.05) is 48.6 Å². The van der Waals surface area contributed by atoms with Crippen LogP contribution in [0.3, 0.4) is 0 Å². The third-order valence-corrected chi connectivity index (χ3v) is 7.47. The second-order valence-corrected chi connectivity index (χ2v) is 11.9. The van der Waals surface area contributed by atoms with Crippen LogP contribution in [0.4, 0.5) is 5.69 Å². The second-order valence-electron chi connectivity index (χ2n) is 11.9. The third kappa shape index (κ3) is 8.73. The zero-order valence-corrected chi connectivity index (χ0v) is 25.1. The summed E-state index contributed by atoms with van der Waals surface area (Å²) in [5.74, 6) is -0.868. The number of carbonyl (C=O) groups excluding carboxylic acids is 4. The summed E-state index contributed by atoms with van der Waals surface area (Å²) in [6, 6.07) is 18.8. The fraction of sp³-hybridized carbons (Fsp3) is 0.382. The van der Waals surface area contributed by atoms with Crippen molar-refractivity contribution < 1.29 is 19.2 Å². The summed E-state index contributed by atoms with van der Waals surface area (Å²) in [7, 11) is 0. The van der Waals surface area contributed by atoms with Crippen molar-refractivity contribution >= 4 is 29.3 Å². The van der Waals surface area contributed by atoms with E-state index >= 15 is 0 Å². The zero-order valence-electron chi connectivity index (χ0n) is 25.1. The van der Waals surface area contributed by atoms with Crippen LogP contribution < -0.4 is 16.0 Å². The number of anilines is 1. The minimum atomic E-state index is -0.882. The van der Waals surface area contributed by atoms with Gasteiger partial charge in [-0.2, -0.15) is 0 Å². The van der Waals surface area contributed by atoms with E-state index in [2.05, 4.69) is 20.9 Å². The molecule has 1 fully saturated rings. The van der Waals surface area contributed by atoms with Crippen molar-refractivity contribution in [3.8, 4) is 0 Å². The van der Waals surface area contributed by atoms with Crippen LogP contribution in [0.15, 0.2) is 79.1 Å². The summed E-state index contributed by atoms with van der Waals surface area (Å²) in [6.07, 6.45) is 6.96. The first-order valence-corrected chi connectivity index (χ1v) is 14.9. The molecule has 0 unspecified atom stereocenters. The first-order valence-electron chi connectivity index (χ1n) is 14.9. The first kappa shape index (κ1) is 31.4. The highest BCUT2D eigenvalue weighted by atomic mass is 16.2. The fourth-order valence-corrected chi connectivity index (χ4v) is 5.11. The molecule has 0 bridgehead atoms. The van der Waals surface area contributed by atoms with Crippen molar-refractivity contribution in [2.75, 3.05) is 18.4 Å². The zero-order chi connectivity index (χ0) is 30.8. The average Bonchev–Trinajstić information content (AvgIpc) is 3.02. The number of rotatable bonds is 10. The molecule has 9 nitrogen and oxygen atoms in total. The molecule has 9 heteroatoms. The summed E-state index contributed by atoms with van der Waals surface area (Å²) in [4.78, 5) is 58.3. The van der Waals surface area contributed by atoms with Gasteiger partial charge in [-0.1, -0.05) is 63.2 Å². The highest BCUT2D eigenvalue weighted by Gasteiger charge is 2.34. The molecule has 0 radical (unpaired) electrons. The van der Waals surface area contributed by atoms with Crippen molar-refractivity contribution in [1.82, 2.24) is 20.5 Å². The van der Waals surface area contributed by atoms with Crippen LogP contribution in [0, 0.1) is 5.41 Å². The van der Waals surface area contributed by atoms with Crippen molar-refractivity contribution in [3.63, 3.8) is 0 Å². The minimum absolute atomic E-state index is 0.0632. The van der Waals surface area contributed by atoms with E-state index in [1.807, 2.05) is 68.1 Å². The number of hydrogen-bond acceptors (Lipinski definition) is 5. The lowest BCUT2D eigenvalue weighted by Crippen LogP contribution is -2.46. The molecule has 4 rings (SSSR count). The quantitative estimate of drug-likeness (QED) is 0.284. The summed E-state index contributed by atoms with van der Waals surface area (Å²) in [6.45, 7) is 6.51. The molecule has 2 aromatic carbocycles. The Morgan fingerprint density at radius 1 is 0.977 bits per heavy atom. The largest absolute Gasteiger partial charge is 0.356 e. The summed E-state index contributed by atoms with van der Waals surface area (Å²) < 4.78 is 0. The predicted molar refractivity (Wildman–Crippen MR) is 166 cm³/mol. The molecular weight excluding hydrogens is 542 g/mol. The van der Waals surface area contributed by atoms with Gasteiger partial charge in [-0.3, -0.25) is 24.2 Å². The monoisotopic (exact) mass is 583 g/mol. The molecule has 226 valence electrons. The molecule has 3 aromatic rings. The van der Waals surface area contributed by atoms with E-state index in [-0.39, 0.29) is 30.2 Å². The summed E-state index contributed by atoms with van der Waals surface area (Å²) in [5, 5.41) is 8.63. The molecule has 4 amide bonds. The fourth-order valence-electron chi connectivity index (χ4n) is 5.11. The van der Waals surface area contributed by atoms with Gasteiger partial charge in [0.25, 0.3) is 5.91 Å². The number of aromatic nitrogens is 1. The van der Waals surface area contributed by atoms with Gasteiger partial charge in [-0.05, 0) is 61.1 Å². The van der Waals surface area contributed by atoms with Crippen LogP contribution in [0.5, 0.6) is 0 Å². The minimum Gasteiger partial charge on any atom is -0.356 e. The van der Waals surface area contributed by atoms with Gasteiger partial charge in [0.2, 0.25) is 17.7 Å². The summed E-state index contributed by atoms with van der Waals surface area (Å²) >= 11 is 0. The maximum Gasteiger partial charge on any atom is 0.252 e. The van der Waals surface area contributed by atoms with Gasteiger partial charge in [0.15, 0.2) is 0 Å². The molecule has 0 aliphatic carbocycles. The van der Waals surface area contributed by atoms with E-state index in [4.69, 9.17) is 0 Å². The number of pyridine rings is 1. The Labute approximate surface area is 253 Å². The van der Waals surface area contributed by atoms with Crippen LogP contribution in [-0.2, 0) is 14.4 Å². The van der Waals surface area contributed by atoms with Gasteiger partial charge in [-0.15, -0.1) is 0 Å². The van der Waals surface area contributed by atoms with Crippen LogP contribution in [-0.4, -0.2) is 46.6 Å². The second kappa shape index (κ2) is 14.6. The molecule has 43 heavy (non-hydrogen) atoms. The van der Waals surface area contributed by atoms with Crippen LogP contribution in [0.25, 0.3) is 0 Å². The Morgan fingerprint density at radius 2 is 1.77 bits per heavy atom. The highest BCUT2D eigenvalue weighted by molar-refractivity contribution is 5.99. The van der Waals surface area contributed by atoms with E-state index in [1.54, 1.807) is 36.7 Å². The van der Waals surface area contributed by atoms with Gasteiger partial charge in [-0.25, -0.2) is 0 Å². The molecule has 2 atom stereocenters. The lowest BCUT2D eigenvalue weighted by Gasteiger charge is -2.38. The molecule has 3 N–H and O–H groups in total. The molecule has 0 saturated carbocycles. The van der Waals surface area contributed by atoms with E-state index < -0.39 is 17.4 Å².